The van der Waals surface area contributed by atoms with Crippen LogP contribution in [0.25, 0.3) is 0 Å². The molecule has 0 saturated carbocycles. The molecule has 1 aromatic carbocycles. The number of carbonyl (C=O) groups is 1. The molecule has 0 radical (unpaired) electrons. The fourth-order valence-corrected chi connectivity index (χ4v) is 2.70. The van der Waals surface area contributed by atoms with Crippen molar-refractivity contribution in [1.82, 2.24) is 20.4 Å². The predicted octanol–water partition coefficient (Wildman–Crippen LogP) is 1.46. The van der Waals surface area contributed by atoms with Gasteiger partial charge in [0.05, 0.1) is 6.61 Å². The predicted molar refractivity (Wildman–Crippen MR) is 87.1 cm³/mol. The zero-order valence-corrected chi connectivity index (χ0v) is 13.9. The van der Waals surface area contributed by atoms with Crippen molar-refractivity contribution in [1.29, 1.82) is 0 Å². The van der Waals surface area contributed by atoms with Crippen LogP contribution in [0, 0.1) is 6.92 Å². The van der Waals surface area contributed by atoms with E-state index in [2.05, 4.69) is 32.5 Å². The molecule has 1 amide bonds. The highest BCUT2D eigenvalue weighted by atomic mass is 16.5. The molecular formula is C17H22N4O3. The molecule has 1 fully saturated rings. The van der Waals surface area contributed by atoms with Crippen LogP contribution in [0.5, 0.6) is 0 Å². The minimum Gasteiger partial charge on any atom is -0.366 e. The zero-order chi connectivity index (χ0) is 16.9. The maximum Gasteiger partial charge on any atom is 0.251 e. The lowest BCUT2D eigenvalue weighted by Crippen LogP contribution is -2.49. The van der Waals surface area contributed by atoms with Crippen LogP contribution in [0.3, 0.4) is 0 Å². The first kappa shape index (κ1) is 16.6. The second-order valence-electron chi connectivity index (χ2n) is 5.99. The summed E-state index contributed by atoms with van der Waals surface area (Å²) in [6.45, 7) is 6.29. The van der Waals surface area contributed by atoms with Gasteiger partial charge in [-0.05, 0) is 19.4 Å². The number of rotatable bonds is 5. The fourth-order valence-electron chi connectivity index (χ4n) is 2.70. The average Bonchev–Trinajstić information content (AvgIpc) is 3.03. The Labute approximate surface area is 141 Å². The van der Waals surface area contributed by atoms with Gasteiger partial charge in [-0.15, -0.1) is 0 Å². The number of aromatic nitrogens is 2. The van der Waals surface area contributed by atoms with Crippen molar-refractivity contribution in [3.05, 3.63) is 47.6 Å². The summed E-state index contributed by atoms with van der Waals surface area (Å²) in [5.74, 6) is 0.794. The maximum atomic E-state index is 12.4. The lowest BCUT2D eigenvalue weighted by Gasteiger charge is -2.32. The highest BCUT2D eigenvalue weighted by Crippen LogP contribution is 2.13. The highest BCUT2D eigenvalue weighted by molar-refractivity contribution is 5.81. The molecule has 0 spiro atoms. The van der Waals surface area contributed by atoms with Crippen LogP contribution in [-0.2, 0) is 16.1 Å². The number of hydrogen-bond acceptors (Lipinski definition) is 6. The van der Waals surface area contributed by atoms with Gasteiger partial charge in [0.25, 0.3) is 5.91 Å². The van der Waals surface area contributed by atoms with E-state index in [1.54, 1.807) is 6.92 Å². The Morgan fingerprint density at radius 3 is 2.92 bits per heavy atom. The molecule has 3 rings (SSSR count). The Bertz CT molecular complexity index is 673. The first-order valence-corrected chi connectivity index (χ1v) is 8.10. The summed E-state index contributed by atoms with van der Waals surface area (Å²) < 4.78 is 10.7. The van der Waals surface area contributed by atoms with Gasteiger partial charge >= 0.3 is 0 Å². The zero-order valence-electron chi connectivity index (χ0n) is 13.9. The maximum absolute atomic E-state index is 12.4. The van der Waals surface area contributed by atoms with Crippen LogP contribution >= 0.6 is 0 Å². The molecule has 1 aliphatic heterocycles. The van der Waals surface area contributed by atoms with Gasteiger partial charge in [0.15, 0.2) is 5.82 Å². The van der Waals surface area contributed by atoms with Crippen molar-refractivity contribution >= 4 is 5.91 Å². The molecule has 2 atom stereocenters. The topological polar surface area (TPSA) is 80.5 Å². The lowest BCUT2D eigenvalue weighted by atomic mass is 10.2. The summed E-state index contributed by atoms with van der Waals surface area (Å²) in [5, 5.41) is 6.62. The minimum atomic E-state index is -0.492. The summed E-state index contributed by atoms with van der Waals surface area (Å²) in [5.41, 5.74) is 1.23. The summed E-state index contributed by atoms with van der Waals surface area (Å²) >= 11 is 0. The molecule has 7 heteroatoms. The number of aryl methyl sites for hydroxylation is 1. The molecule has 0 aliphatic carbocycles. The van der Waals surface area contributed by atoms with Gasteiger partial charge in [-0.25, -0.2) is 0 Å². The molecule has 1 saturated heterocycles. The number of morpholine rings is 1. The number of nitrogens with one attached hydrogen (secondary N) is 1. The Balaban J connectivity index is 1.55. The largest absolute Gasteiger partial charge is 0.366 e. The third-order valence-corrected chi connectivity index (χ3v) is 3.96. The van der Waals surface area contributed by atoms with E-state index >= 15 is 0 Å². The van der Waals surface area contributed by atoms with E-state index in [0.29, 0.717) is 24.9 Å². The Morgan fingerprint density at radius 2 is 2.21 bits per heavy atom. The fraction of sp³-hybridized carbons (Fsp3) is 0.471. The minimum absolute atomic E-state index is 0.156. The van der Waals surface area contributed by atoms with Crippen molar-refractivity contribution in [3.8, 4) is 0 Å². The van der Waals surface area contributed by atoms with E-state index in [9.17, 15) is 4.79 Å². The Kier molecular flexibility index (Phi) is 5.22. The van der Waals surface area contributed by atoms with E-state index in [-0.39, 0.29) is 11.9 Å². The molecule has 1 aromatic heterocycles. The van der Waals surface area contributed by atoms with Gasteiger partial charge in [-0.2, -0.15) is 4.98 Å². The summed E-state index contributed by atoms with van der Waals surface area (Å²) in [7, 11) is 0. The SMILES string of the molecule is Cc1noc([C@@H](C)NC(=O)[C@@H]2CN(Cc3ccccc3)CCO2)n1. The second kappa shape index (κ2) is 7.55. The smallest absolute Gasteiger partial charge is 0.251 e. The Morgan fingerprint density at radius 1 is 1.42 bits per heavy atom. The molecule has 24 heavy (non-hydrogen) atoms. The first-order chi connectivity index (χ1) is 11.6. The molecule has 1 aliphatic rings. The molecular weight excluding hydrogens is 308 g/mol. The molecule has 2 heterocycles. The molecule has 0 bridgehead atoms. The van der Waals surface area contributed by atoms with Gasteiger partial charge in [0.2, 0.25) is 5.89 Å². The number of amides is 1. The summed E-state index contributed by atoms with van der Waals surface area (Å²) in [6.07, 6.45) is -0.492. The van der Waals surface area contributed by atoms with E-state index in [1.165, 1.54) is 5.56 Å². The lowest BCUT2D eigenvalue weighted by molar-refractivity contribution is -0.139. The monoisotopic (exact) mass is 330 g/mol. The summed E-state index contributed by atoms with van der Waals surface area (Å²) in [4.78, 5) is 18.8. The van der Waals surface area contributed by atoms with Gasteiger partial charge in [0.1, 0.15) is 12.1 Å². The number of ether oxygens (including phenoxy) is 1. The van der Waals surface area contributed by atoms with Crippen molar-refractivity contribution in [2.45, 2.75) is 32.5 Å². The average molecular weight is 330 g/mol. The van der Waals surface area contributed by atoms with Gasteiger partial charge < -0.3 is 14.6 Å². The quantitative estimate of drug-likeness (QED) is 0.894. The van der Waals surface area contributed by atoms with Gasteiger partial charge in [-0.1, -0.05) is 35.5 Å². The number of benzene rings is 1. The number of nitrogens with zero attached hydrogens (tertiary/aromatic N) is 3. The Hall–Kier alpha value is -2.25. The van der Waals surface area contributed by atoms with Crippen molar-refractivity contribution < 1.29 is 14.1 Å². The third-order valence-electron chi connectivity index (χ3n) is 3.96. The third kappa shape index (κ3) is 4.18. The van der Waals surface area contributed by atoms with E-state index in [1.807, 2.05) is 25.1 Å². The standard InChI is InChI=1S/C17H22N4O3/c1-12(17-19-13(2)20-24-17)18-16(22)15-11-21(8-9-23-15)10-14-6-4-3-5-7-14/h3-7,12,15H,8-11H2,1-2H3,(H,18,22)/t12-,15+/m1/s1. The second-order valence-corrected chi connectivity index (χ2v) is 5.99. The summed E-state index contributed by atoms with van der Waals surface area (Å²) in [6, 6.07) is 9.88. The first-order valence-electron chi connectivity index (χ1n) is 8.10. The van der Waals surface area contributed by atoms with Crippen LogP contribution < -0.4 is 5.32 Å². The highest BCUT2D eigenvalue weighted by Gasteiger charge is 2.28. The van der Waals surface area contributed by atoms with Gasteiger partial charge in [0, 0.05) is 19.6 Å². The van der Waals surface area contributed by atoms with Crippen molar-refractivity contribution in [2.75, 3.05) is 19.7 Å². The molecule has 128 valence electrons. The van der Waals surface area contributed by atoms with Crippen LogP contribution in [0.1, 0.15) is 30.2 Å². The van der Waals surface area contributed by atoms with Crippen molar-refractivity contribution in [3.63, 3.8) is 0 Å². The van der Waals surface area contributed by atoms with Crippen LogP contribution in [-0.4, -0.2) is 46.7 Å². The van der Waals surface area contributed by atoms with Crippen LogP contribution in [0.2, 0.25) is 0 Å². The molecule has 7 nitrogen and oxygen atoms in total. The molecule has 2 aromatic rings. The normalized spacial score (nSPS) is 19.8. The molecule has 1 N–H and O–H groups in total. The van der Waals surface area contributed by atoms with E-state index < -0.39 is 6.10 Å². The van der Waals surface area contributed by atoms with Crippen molar-refractivity contribution in [2.24, 2.45) is 0 Å². The molecule has 0 unspecified atom stereocenters. The van der Waals surface area contributed by atoms with E-state index in [0.717, 1.165) is 13.1 Å². The number of carbonyl (C=O) groups excluding carboxylic acids is 1. The van der Waals surface area contributed by atoms with Gasteiger partial charge in [-0.3, -0.25) is 9.69 Å². The van der Waals surface area contributed by atoms with Crippen LogP contribution in [0.4, 0.5) is 0 Å². The van der Waals surface area contributed by atoms with Crippen LogP contribution in [0.15, 0.2) is 34.9 Å². The number of hydrogen-bond donors (Lipinski definition) is 1. The van der Waals surface area contributed by atoms with E-state index in [4.69, 9.17) is 9.26 Å².